The van der Waals surface area contributed by atoms with E-state index in [9.17, 15) is 9.59 Å². The third kappa shape index (κ3) is 2.88. The van der Waals surface area contributed by atoms with Crippen LogP contribution in [0.2, 0.25) is 0 Å². The van der Waals surface area contributed by atoms with E-state index in [1.165, 1.54) is 6.07 Å². The van der Waals surface area contributed by atoms with E-state index in [2.05, 4.69) is 15.3 Å². The molecule has 98 valence electrons. The Morgan fingerprint density at radius 3 is 2.89 bits per heavy atom. The second-order valence-corrected chi connectivity index (χ2v) is 4.70. The van der Waals surface area contributed by atoms with Crippen LogP contribution in [0.15, 0.2) is 10.9 Å². The molecular weight excluding hydrogens is 234 g/mol. The van der Waals surface area contributed by atoms with Crippen LogP contribution in [0, 0.1) is 12.8 Å². The lowest BCUT2D eigenvalue weighted by Gasteiger charge is -2.29. The SMILES string of the molecule is Cc1nc(NC2CCCCC2C(=O)O)cc(=O)[nH]1. The number of carboxylic acids is 1. The van der Waals surface area contributed by atoms with Crippen molar-refractivity contribution in [1.29, 1.82) is 0 Å². The van der Waals surface area contributed by atoms with Crippen LogP contribution in [0.1, 0.15) is 31.5 Å². The lowest BCUT2D eigenvalue weighted by molar-refractivity contribution is -0.143. The number of aromatic nitrogens is 2. The van der Waals surface area contributed by atoms with Gasteiger partial charge < -0.3 is 15.4 Å². The molecule has 0 spiro atoms. The van der Waals surface area contributed by atoms with Crippen molar-refractivity contribution in [2.75, 3.05) is 5.32 Å². The van der Waals surface area contributed by atoms with Crippen molar-refractivity contribution in [2.45, 2.75) is 38.6 Å². The fourth-order valence-electron chi connectivity index (χ4n) is 2.44. The first-order valence-corrected chi connectivity index (χ1v) is 6.13. The van der Waals surface area contributed by atoms with Gasteiger partial charge in [0, 0.05) is 12.1 Å². The number of carbonyl (C=O) groups is 1. The maximum Gasteiger partial charge on any atom is 0.308 e. The van der Waals surface area contributed by atoms with Crippen LogP contribution in [0.5, 0.6) is 0 Å². The molecule has 6 nitrogen and oxygen atoms in total. The molecule has 0 radical (unpaired) electrons. The van der Waals surface area contributed by atoms with Gasteiger partial charge in [0.25, 0.3) is 5.56 Å². The summed E-state index contributed by atoms with van der Waals surface area (Å²) in [7, 11) is 0. The molecule has 1 heterocycles. The van der Waals surface area contributed by atoms with E-state index < -0.39 is 11.9 Å². The van der Waals surface area contributed by atoms with E-state index in [-0.39, 0.29) is 11.6 Å². The van der Waals surface area contributed by atoms with Crippen LogP contribution >= 0.6 is 0 Å². The molecule has 1 aliphatic carbocycles. The summed E-state index contributed by atoms with van der Waals surface area (Å²) in [5.41, 5.74) is -0.229. The third-order valence-electron chi connectivity index (χ3n) is 3.28. The molecule has 1 fully saturated rings. The number of hydrogen-bond donors (Lipinski definition) is 3. The average molecular weight is 251 g/mol. The van der Waals surface area contributed by atoms with Crippen LogP contribution < -0.4 is 10.9 Å². The first kappa shape index (κ1) is 12.6. The summed E-state index contributed by atoms with van der Waals surface area (Å²) < 4.78 is 0. The van der Waals surface area contributed by atoms with Gasteiger partial charge in [0.05, 0.1) is 5.92 Å². The molecule has 1 saturated carbocycles. The highest BCUT2D eigenvalue weighted by atomic mass is 16.4. The number of nitrogens with zero attached hydrogens (tertiary/aromatic N) is 1. The minimum atomic E-state index is -0.784. The predicted octanol–water partition coefficient (Wildman–Crippen LogP) is 1.13. The smallest absolute Gasteiger partial charge is 0.308 e. The zero-order chi connectivity index (χ0) is 13.1. The number of nitrogens with one attached hydrogen (secondary N) is 2. The molecular formula is C12H17N3O3. The minimum Gasteiger partial charge on any atom is -0.481 e. The molecule has 0 bridgehead atoms. The highest BCUT2D eigenvalue weighted by Gasteiger charge is 2.30. The van der Waals surface area contributed by atoms with E-state index in [1.54, 1.807) is 6.92 Å². The van der Waals surface area contributed by atoms with Crippen molar-refractivity contribution < 1.29 is 9.90 Å². The van der Waals surface area contributed by atoms with Crippen LogP contribution in [-0.2, 0) is 4.79 Å². The number of H-pyrrole nitrogens is 1. The second-order valence-electron chi connectivity index (χ2n) is 4.70. The van der Waals surface area contributed by atoms with Crippen molar-refractivity contribution in [3.63, 3.8) is 0 Å². The summed E-state index contributed by atoms with van der Waals surface area (Å²) in [6.45, 7) is 1.70. The molecule has 0 aliphatic heterocycles. The average Bonchev–Trinajstić information content (AvgIpc) is 2.27. The van der Waals surface area contributed by atoms with Crippen molar-refractivity contribution in [2.24, 2.45) is 5.92 Å². The molecule has 1 aliphatic rings. The van der Waals surface area contributed by atoms with Gasteiger partial charge in [-0.05, 0) is 19.8 Å². The molecule has 0 aromatic carbocycles. The summed E-state index contributed by atoms with van der Waals surface area (Å²) in [6, 6.07) is 1.21. The van der Waals surface area contributed by atoms with Crippen LogP contribution in [0.25, 0.3) is 0 Å². The van der Waals surface area contributed by atoms with Crippen molar-refractivity contribution in [3.8, 4) is 0 Å². The Balaban J connectivity index is 2.15. The van der Waals surface area contributed by atoms with Crippen molar-refractivity contribution in [3.05, 3.63) is 22.2 Å². The highest BCUT2D eigenvalue weighted by Crippen LogP contribution is 2.26. The normalized spacial score (nSPS) is 23.6. The predicted molar refractivity (Wildman–Crippen MR) is 66.6 cm³/mol. The second kappa shape index (κ2) is 5.20. The Labute approximate surface area is 104 Å². The third-order valence-corrected chi connectivity index (χ3v) is 3.28. The van der Waals surface area contributed by atoms with Gasteiger partial charge in [0.15, 0.2) is 0 Å². The standard InChI is InChI=1S/C12H17N3O3/c1-7-13-10(6-11(16)14-7)15-9-5-3-2-4-8(9)12(17)18/h6,8-9H,2-5H2,1H3,(H,17,18)(H2,13,14,15,16). The summed E-state index contributed by atoms with van der Waals surface area (Å²) in [6.07, 6.45) is 3.42. The van der Waals surface area contributed by atoms with E-state index in [4.69, 9.17) is 5.11 Å². The summed E-state index contributed by atoms with van der Waals surface area (Å²) in [4.78, 5) is 29.2. The fourth-order valence-corrected chi connectivity index (χ4v) is 2.44. The number of aromatic amines is 1. The fraction of sp³-hybridized carbons (Fsp3) is 0.583. The van der Waals surface area contributed by atoms with Crippen molar-refractivity contribution >= 4 is 11.8 Å². The van der Waals surface area contributed by atoms with Gasteiger partial charge in [-0.3, -0.25) is 9.59 Å². The van der Waals surface area contributed by atoms with Gasteiger partial charge in [-0.25, -0.2) is 4.98 Å². The molecule has 2 unspecified atom stereocenters. The summed E-state index contributed by atoms with van der Waals surface area (Å²) >= 11 is 0. The summed E-state index contributed by atoms with van der Waals surface area (Å²) in [5, 5.41) is 12.2. The number of aryl methyl sites for hydroxylation is 1. The Hall–Kier alpha value is -1.85. The van der Waals surface area contributed by atoms with E-state index in [0.717, 1.165) is 19.3 Å². The number of anilines is 1. The molecule has 1 aromatic heterocycles. The number of carboxylic acid groups (broad SMARTS) is 1. The van der Waals surface area contributed by atoms with Crippen molar-refractivity contribution in [1.82, 2.24) is 9.97 Å². The maximum atomic E-state index is 11.3. The molecule has 18 heavy (non-hydrogen) atoms. The largest absolute Gasteiger partial charge is 0.481 e. The number of rotatable bonds is 3. The Kier molecular flexibility index (Phi) is 3.64. The lowest BCUT2D eigenvalue weighted by atomic mass is 9.84. The Morgan fingerprint density at radius 2 is 2.22 bits per heavy atom. The maximum absolute atomic E-state index is 11.3. The van der Waals surface area contributed by atoms with Gasteiger partial charge in [-0.1, -0.05) is 12.8 Å². The Morgan fingerprint density at radius 1 is 1.50 bits per heavy atom. The van der Waals surface area contributed by atoms with Crippen LogP contribution in [0.3, 0.4) is 0 Å². The number of aliphatic carboxylic acids is 1. The molecule has 0 saturated heterocycles. The molecule has 1 aromatic rings. The van der Waals surface area contributed by atoms with Gasteiger partial charge in [0.1, 0.15) is 11.6 Å². The van der Waals surface area contributed by atoms with Gasteiger partial charge in [-0.2, -0.15) is 0 Å². The molecule has 6 heteroatoms. The monoisotopic (exact) mass is 251 g/mol. The molecule has 0 amide bonds. The van der Waals surface area contributed by atoms with Crippen LogP contribution in [0.4, 0.5) is 5.82 Å². The molecule has 2 atom stereocenters. The lowest BCUT2D eigenvalue weighted by Crippen LogP contribution is -2.37. The molecule has 2 rings (SSSR count). The van der Waals surface area contributed by atoms with Gasteiger partial charge in [0.2, 0.25) is 0 Å². The first-order valence-electron chi connectivity index (χ1n) is 6.13. The number of hydrogen-bond acceptors (Lipinski definition) is 4. The van der Waals surface area contributed by atoms with E-state index >= 15 is 0 Å². The minimum absolute atomic E-state index is 0.148. The molecule has 3 N–H and O–H groups in total. The van der Waals surface area contributed by atoms with E-state index in [1.807, 2.05) is 0 Å². The Bertz CT molecular complexity index is 498. The van der Waals surface area contributed by atoms with Gasteiger partial charge >= 0.3 is 5.97 Å². The quantitative estimate of drug-likeness (QED) is 0.748. The zero-order valence-electron chi connectivity index (χ0n) is 10.3. The van der Waals surface area contributed by atoms with Gasteiger partial charge in [-0.15, -0.1) is 0 Å². The topological polar surface area (TPSA) is 95.1 Å². The van der Waals surface area contributed by atoms with E-state index in [0.29, 0.717) is 18.1 Å². The zero-order valence-corrected chi connectivity index (χ0v) is 10.3. The van der Waals surface area contributed by atoms with Crippen LogP contribution in [-0.4, -0.2) is 27.1 Å². The highest BCUT2D eigenvalue weighted by molar-refractivity contribution is 5.71. The summed E-state index contributed by atoms with van der Waals surface area (Å²) in [5.74, 6) is -0.212. The first-order chi connectivity index (χ1) is 8.56.